The van der Waals surface area contributed by atoms with Crippen LogP contribution >= 0.6 is 11.3 Å². The van der Waals surface area contributed by atoms with Gasteiger partial charge in [-0.2, -0.15) is 10.1 Å². The molecule has 2 heterocycles. The van der Waals surface area contributed by atoms with Crippen LogP contribution in [0, 0.1) is 6.92 Å². The van der Waals surface area contributed by atoms with Crippen molar-refractivity contribution in [2.24, 2.45) is 10.1 Å². The lowest BCUT2D eigenvalue weighted by atomic mass is 10.3. The Kier molecular flexibility index (Phi) is 6.03. The van der Waals surface area contributed by atoms with Crippen LogP contribution in [0.1, 0.15) is 36.1 Å². The first-order chi connectivity index (χ1) is 13.6. The molecule has 0 aliphatic carbocycles. The van der Waals surface area contributed by atoms with Gasteiger partial charge >= 0.3 is 0 Å². The van der Waals surface area contributed by atoms with E-state index in [1.165, 1.54) is 23.5 Å². The predicted octanol–water partition coefficient (Wildman–Crippen LogP) is 1.82. The van der Waals surface area contributed by atoms with Crippen molar-refractivity contribution in [3.05, 3.63) is 40.5 Å². The van der Waals surface area contributed by atoms with Crippen molar-refractivity contribution in [1.29, 1.82) is 0 Å². The van der Waals surface area contributed by atoms with E-state index in [-0.39, 0.29) is 16.6 Å². The second-order valence-electron chi connectivity index (χ2n) is 6.83. The molecule has 0 bridgehead atoms. The lowest BCUT2D eigenvalue weighted by Crippen LogP contribution is -2.19. The van der Waals surface area contributed by atoms with Gasteiger partial charge in [-0.25, -0.2) is 13.6 Å². The van der Waals surface area contributed by atoms with Crippen molar-refractivity contribution < 1.29 is 17.9 Å². The average Bonchev–Trinajstić information content (AvgIpc) is 3.19. The number of hydrogen-bond acceptors (Lipinski definition) is 6. The number of amides is 1. The van der Waals surface area contributed by atoms with Gasteiger partial charge in [-0.3, -0.25) is 9.48 Å². The maximum absolute atomic E-state index is 12.7. The van der Waals surface area contributed by atoms with Gasteiger partial charge in [0.2, 0.25) is 10.0 Å². The summed E-state index contributed by atoms with van der Waals surface area (Å²) in [4.78, 5) is 17.4. The van der Waals surface area contributed by atoms with Crippen LogP contribution in [0.3, 0.4) is 0 Å². The van der Waals surface area contributed by atoms with Gasteiger partial charge in [0.1, 0.15) is 0 Å². The summed E-state index contributed by atoms with van der Waals surface area (Å²) in [6.45, 7) is 6.72. The van der Waals surface area contributed by atoms with E-state index in [9.17, 15) is 13.2 Å². The van der Waals surface area contributed by atoms with E-state index in [1.807, 2.05) is 25.3 Å². The molecule has 29 heavy (non-hydrogen) atoms. The van der Waals surface area contributed by atoms with E-state index in [1.54, 1.807) is 23.9 Å². The lowest BCUT2D eigenvalue weighted by Gasteiger charge is -2.06. The number of sulfonamides is 1. The SMILES string of the molecule is COCCn1c(=NC(=O)c2cc(C)n(C(C)C)n2)sc2cc(S(N)(=O)=O)ccc21. The zero-order chi connectivity index (χ0) is 21.3. The zero-order valence-corrected chi connectivity index (χ0v) is 18.2. The van der Waals surface area contributed by atoms with Gasteiger partial charge in [0.05, 0.1) is 21.7 Å². The number of benzene rings is 1. The lowest BCUT2D eigenvalue weighted by molar-refractivity contribution is 0.0991. The molecule has 0 unspecified atom stereocenters. The van der Waals surface area contributed by atoms with E-state index >= 15 is 0 Å². The first kappa shape index (κ1) is 21.4. The summed E-state index contributed by atoms with van der Waals surface area (Å²) in [7, 11) is -2.25. The molecule has 0 aliphatic rings. The van der Waals surface area contributed by atoms with Crippen LogP contribution in [-0.4, -0.2) is 42.4 Å². The highest BCUT2D eigenvalue weighted by Gasteiger charge is 2.16. The maximum Gasteiger partial charge on any atom is 0.300 e. The molecule has 3 rings (SSSR count). The van der Waals surface area contributed by atoms with Crippen LogP contribution in [0.4, 0.5) is 0 Å². The molecule has 3 aromatic rings. The quantitative estimate of drug-likeness (QED) is 0.630. The Labute approximate surface area is 172 Å². The third-order valence-corrected chi connectivity index (χ3v) is 6.28. The molecular weight excluding hydrogens is 414 g/mol. The monoisotopic (exact) mass is 437 g/mol. The summed E-state index contributed by atoms with van der Waals surface area (Å²) in [6.07, 6.45) is 0. The highest BCUT2D eigenvalue weighted by Crippen LogP contribution is 2.21. The molecule has 11 heteroatoms. The number of nitrogens with two attached hydrogens (primary N) is 1. The molecule has 0 atom stereocenters. The van der Waals surface area contributed by atoms with Gasteiger partial charge in [-0.1, -0.05) is 11.3 Å². The van der Waals surface area contributed by atoms with Crippen LogP contribution in [0.25, 0.3) is 10.2 Å². The van der Waals surface area contributed by atoms with E-state index in [0.717, 1.165) is 11.2 Å². The molecule has 9 nitrogen and oxygen atoms in total. The fourth-order valence-electron chi connectivity index (χ4n) is 2.97. The number of aromatic nitrogens is 3. The number of methoxy groups -OCH3 is 1. The van der Waals surface area contributed by atoms with Crippen LogP contribution < -0.4 is 9.94 Å². The standard InChI is InChI=1S/C18H23N5O4S2/c1-11(2)23-12(3)9-14(21-23)17(24)20-18-22(7-8-27-4)15-6-5-13(29(19,25)26)10-16(15)28-18/h5-6,9-11H,7-8H2,1-4H3,(H2,19,25,26). The van der Waals surface area contributed by atoms with Gasteiger partial charge in [-0.15, -0.1) is 0 Å². The third-order valence-electron chi connectivity index (χ3n) is 4.33. The van der Waals surface area contributed by atoms with Crippen molar-refractivity contribution in [2.75, 3.05) is 13.7 Å². The van der Waals surface area contributed by atoms with Crippen LogP contribution in [-0.2, 0) is 21.3 Å². The topological polar surface area (TPSA) is 122 Å². The fraction of sp³-hybridized carbons (Fsp3) is 0.389. The molecule has 1 amide bonds. The Hall–Kier alpha value is -2.34. The third kappa shape index (κ3) is 4.47. The highest BCUT2D eigenvalue weighted by molar-refractivity contribution is 7.89. The Morgan fingerprint density at radius 3 is 2.66 bits per heavy atom. The van der Waals surface area contributed by atoms with Crippen molar-refractivity contribution in [3.63, 3.8) is 0 Å². The molecule has 2 N–H and O–H groups in total. The number of carbonyl (C=O) groups is 1. The number of thiazole rings is 1. The van der Waals surface area contributed by atoms with Gasteiger partial charge in [0, 0.05) is 25.4 Å². The summed E-state index contributed by atoms with van der Waals surface area (Å²) < 4.78 is 32.7. The molecule has 0 saturated heterocycles. The first-order valence-corrected chi connectivity index (χ1v) is 11.3. The van der Waals surface area contributed by atoms with Crippen molar-refractivity contribution >= 4 is 37.5 Å². The Bertz CT molecular complexity index is 1230. The number of aryl methyl sites for hydroxylation is 1. The normalized spacial score (nSPS) is 13.0. The van der Waals surface area contributed by atoms with Crippen molar-refractivity contribution in [2.45, 2.75) is 38.3 Å². The molecule has 0 radical (unpaired) electrons. The van der Waals surface area contributed by atoms with Crippen LogP contribution in [0.15, 0.2) is 34.2 Å². The van der Waals surface area contributed by atoms with E-state index in [4.69, 9.17) is 9.88 Å². The molecule has 156 valence electrons. The number of fused-ring (bicyclic) bond motifs is 1. The van der Waals surface area contributed by atoms with Crippen LogP contribution in [0.5, 0.6) is 0 Å². The minimum absolute atomic E-state index is 0.00863. The first-order valence-electron chi connectivity index (χ1n) is 8.92. The van der Waals surface area contributed by atoms with Crippen molar-refractivity contribution in [1.82, 2.24) is 14.3 Å². The molecule has 0 spiro atoms. The summed E-state index contributed by atoms with van der Waals surface area (Å²) in [5, 5.41) is 9.58. The highest BCUT2D eigenvalue weighted by atomic mass is 32.2. The molecule has 0 saturated carbocycles. The van der Waals surface area contributed by atoms with E-state index in [0.29, 0.717) is 22.7 Å². The van der Waals surface area contributed by atoms with Gasteiger partial charge in [0.25, 0.3) is 5.91 Å². The molecule has 0 aliphatic heterocycles. The van der Waals surface area contributed by atoms with Crippen LogP contribution in [0.2, 0.25) is 0 Å². The summed E-state index contributed by atoms with van der Waals surface area (Å²) in [6, 6.07) is 6.41. The smallest absolute Gasteiger partial charge is 0.300 e. The molecular formula is C18H23N5O4S2. The summed E-state index contributed by atoms with van der Waals surface area (Å²) in [5.41, 5.74) is 1.88. The second-order valence-corrected chi connectivity index (χ2v) is 9.40. The Morgan fingerprint density at radius 2 is 2.07 bits per heavy atom. The number of primary sulfonamides is 1. The summed E-state index contributed by atoms with van der Waals surface area (Å²) >= 11 is 1.21. The zero-order valence-electron chi connectivity index (χ0n) is 16.6. The number of nitrogens with zero attached hydrogens (tertiary/aromatic N) is 4. The maximum atomic E-state index is 12.7. The van der Waals surface area contributed by atoms with E-state index in [2.05, 4.69) is 10.1 Å². The molecule has 0 fully saturated rings. The van der Waals surface area contributed by atoms with Gasteiger partial charge in [0.15, 0.2) is 10.5 Å². The Balaban J connectivity index is 2.13. The van der Waals surface area contributed by atoms with E-state index < -0.39 is 15.9 Å². The molecule has 2 aromatic heterocycles. The number of rotatable bonds is 6. The van der Waals surface area contributed by atoms with Crippen molar-refractivity contribution in [3.8, 4) is 0 Å². The number of carbonyl (C=O) groups excluding carboxylic acids is 1. The van der Waals surface area contributed by atoms with Gasteiger partial charge < -0.3 is 9.30 Å². The molecule has 1 aromatic carbocycles. The largest absolute Gasteiger partial charge is 0.383 e. The predicted molar refractivity (Wildman–Crippen MR) is 110 cm³/mol. The number of hydrogen-bond donors (Lipinski definition) is 1. The average molecular weight is 438 g/mol. The summed E-state index contributed by atoms with van der Waals surface area (Å²) in [5.74, 6) is -0.461. The van der Waals surface area contributed by atoms with Gasteiger partial charge in [-0.05, 0) is 45.0 Å². The minimum Gasteiger partial charge on any atom is -0.383 e. The minimum atomic E-state index is -3.83. The Morgan fingerprint density at radius 1 is 1.34 bits per heavy atom. The second kappa shape index (κ2) is 8.19. The number of ether oxygens (including phenoxy) is 1. The fourth-order valence-corrected chi connectivity index (χ4v) is 4.68.